The van der Waals surface area contributed by atoms with Gasteiger partial charge in [-0.15, -0.1) is 0 Å². The second kappa shape index (κ2) is 8.42. The van der Waals surface area contributed by atoms with Crippen molar-refractivity contribution in [3.8, 4) is 11.4 Å². The van der Waals surface area contributed by atoms with Crippen LogP contribution in [0.5, 0.6) is 0 Å². The molecule has 0 bridgehead atoms. The molecule has 1 amide bonds. The van der Waals surface area contributed by atoms with Crippen molar-refractivity contribution in [3.63, 3.8) is 0 Å². The topological polar surface area (TPSA) is 157 Å². The predicted molar refractivity (Wildman–Crippen MR) is 133 cm³/mol. The third-order valence-electron chi connectivity index (χ3n) is 8.22. The number of carbonyl (C=O) groups is 2. The van der Waals surface area contributed by atoms with Crippen LogP contribution in [0.1, 0.15) is 59.2 Å². The predicted octanol–water partition coefficient (Wildman–Crippen LogP) is 0.950. The van der Waals surface area contributed by atoms with E-state index in [1.807, 2.05) is 0 Å². The number of amides is 1. The molecule has 10 nitrogen and oxygen atoms in total. The number of carbonyl (C=O) groups excluding carboxylic acids is 2. The molecule has 3 aliphatic rings. The number of fused-ring (bicyclic) bond motifs is 5. The van der Waals surface area contributed by atoms with E-state index in [4.69, 9.17) is 15.5 Å². The number of hydrogen-bond acceptors (Lipinski definition) is 8. The number of benzene rings is 1. The van der Waals surface area contributed by atoms with Crippen molar-refractivity contribution in [2.45, 2.75) is 64.0 Å². The summed E-state index contributed by atoms with van der Waals surface area (Å²) in [6, 6.07) is 2.41. The molecule has 0 unspecified atom stereocenters. The van der Waals surface area contributed by atoms with Crippen LogP contribution in [-0.4, -0.2) is 44.3 Å². The summed E-state index contributed by atoms with van der Waals surface area (Å²) in [5.74, 6) is -1.85. The number of hydrogen-bond donors (Lipinski definition) is 4. The van der Waals surface area contributed by atoms with E-state index in [9.17, 15) is 29.0 Å². The average molecular weight is 523 g/mol. The third kappa shape index (κ3) is 3.22. The minimum absolute atomic E-state index is 0.0103. The maximum absolute atomic E-state index is 14.9. The van der Waals surface area contributed by atoms with Gasteiger partial charge in [-0.2, -0.15) is 0 Å². The van der Waals surface area contributed by atoms with Gasteiger partial charge in [0.15, 0.2) is 5.60 Å². The Balaban J connectivity index is 1.63. The zero-order chi connectivity index (χ0) is 27.1. The molecule has 5 N–H and O–H groups in total. The Kier molecular flexibility index (Phi) is 5.46. The molecule has 198 valence electrons. The number of esters is 1. The van der Waals surface area contributed by atoms with Crippen LogP contribution in [0.2, 0.25) is 0 Å². The summed E-state index contributed by atoms with van der Waals surface area (Å²) < 4.78 is 21.6. The van der Waals surface area contributed by atoms with Crippen molar-refractivity contribution < 1.29 is 28.9 Å². The van der Waals surface area contributed by atoms with Crippen molar-refractivity contribution in [2.24, 2.45) is 5.73 Å². The van der Waals surface area contributed by atoms with E-state index < -0.39 is 41.0 Å². The van der Waals surface area contributed by atoms with Gasteiger partial charge in [0, 0.05) is 29.1 Å². The Bertz CT molecular complexity index is 1630. The van der Waals surface area contributed by atoms with Crippen molar-refractivity contribution >= 4 is 22.8 Å². The first-order chi connectivity index (χ1) is 18.1. The molecule has 1 aliphatic carbocycles. The fourth-order valence-electron chi connectivity index (χ4n) is 6.07. The van der Waals surface area contributed by atoms with E-state index in [0.717, 1.165) is 10.9 Å². The molecule has 0 fully saturated rings. The maximum Gasteiger partial charge on any atom is 0.343 e. The van der Waals surface area contributed by atoms with Gasteiger partial charge in [0.05, 0.1) is 35.1 Å². The number of aliphatic hydroxyl groups excluding tert-OH is 1. The van der Waals surface area contributed by atoms with Gasteiger partial charge in [0.2, 0.25) is 0 Å². The van der Waals surface area contributed by atoms with Gasteiger partial charge in [0.25, 0.3) is 11.5 Å². The number of pyridine rings is 2. The molecule has 6 rings (SSSR count). The summed E-state index contributed by atoms with van der Waals surface area (Å²) in [4.78, 5) is 43.5. The number of halogens is 1. The molecule has 3 aromatic rings. The Morgan fingerprint density at radius 1 is 1.34 bits per heavy atom. The summed E-state index contributed by atoms with van der Waals surface area (Å²) in [6.45, 7) is 2.97. The summed E-state index contributed by atoms with van der Waals surface area (Å²) in [5, 5.41) is 24.7. The Morgan fingerprint density at radius 2 is 2.11 bits per heavy atom. The van der Waals surface area contributed by atoms with Gasteiger partial charge >= 0.3 is 5.97 Å². The minimum atomic E-state index is -1.97. The normalized spacial score (nSPS) is 21.9. The van der Waals surface area contributed by atoms with E-state index in [0.29, 0.717) is 46.4 Å². The molecule has 38 heavy (non-hydrogen) atoms. The lowest BCUT2D eigenvalue weighted by atomic mass is 9.81. The quantitative estimate of drug-likeness (QED) is 0.289. The Labute approximate surface area is 216 Å². The molecule has 2 aliphatic heterocycles. The van der Waals surface area contributed by atoms with Gasteiger partial charge in [-0.3, -0.25) is 9.59 Å². The minimum Gasteiger partial charge on any atom is -0.458 e. The lowest BCUT2D eigenvalue weighted by Crippen LogP contribution is -2.44. The molecule has 0 saturated carbocycles. The first-order valence-electron chi connectivity index (χ1n) is 12.6. The van der Waals surface area contributed by atoms with Crippen molar-refractivity contribution in [1.82, 2.24) is 14.9 Å². The van der Waals surface area contributed by atoms with Crippen LogP contribution >= 0.6 is 0 Å². The van der Waals surface area contributed by atoms with Gasteiger partial charge in [0.1, 0.15) is 18.5 Å². The first kappa shape index (κ1) is 24.7. The standard InChI is InChI=1S/C27H27FN4O6/c1-3-27(37)15-6-19-23-13(9-32(19)25(35)14(15)10-38-26(27)36)22-17(31-24(34)20(33)8-29)5-4-12-11(2)16(28)7-18(30-23)21(12)22/h6-7,17,20,33,37H,3-5,8-10,29H2,1-2H3,(H,31,34)/t17-,20-,27-/m0/s1. The molecule has 11 heteroatoms. The van der Waals surface area contributed by atoms with Crippen LogP contribution in [0, 0.1) is 12.7 Å². The lowest BCUT2D eigenvalue weighted by molar-refractivity contribution is -0.172. The second-order valence-electron chi connectivity index (χ2n) is 10.2. The van der Waals surface area contributed by atoms with E-state index in [-0.39, 0.29) is 37.2 Å². The third-order valence-corrected chi connectivity index (χ3v) is 8.22. The Morgan fingerprint density at radius 3 is 2.82 bits per heavy atom. The largest absolute Gasteiger partial charge is 0.458 e. The highest BCUT2D eigenvalue weighted by atomic mass is 19.1. The summed E-state index contributed by atoms with van der Waals surface area (Å²) in [5.41, 5.74) is 7.34. The summed E-state index contributed by atoms with van der Waals surface area (Å²) >= 11 is 0. The van der Waals surface area contributed by atoms with Gasteiger partial charge < -0.3 is 30.6 Å². The molecular formula is C27H27FN4O6. The van der Waals surface area contributed by atoms with Crippen molar-refractivity contribution in [3.05, 3.63) is 61.7 Å². The number of aliphatic hydroxyl groups is 2. The van der Waals surface area contributed by atoms with Crippen LogP contribution in [0.3, 0.4) is 0 Å². The summed E-state index contributed by atoms with van der Waals surface area (Å²) in [6.07, 6.45) is -0.434. The molecule has 1 aromatic carbocycles. The number of nitrogens with one attached hydrogen (secondary N) is 1. The first-order valence-corrected chi connectivity index (χ1v) is 12.6. The molecular weight excluding hydrogens is 495 g/mol. The van der Waals surface area contributed by atoms with Crippen LogP contribution in [0.15, 0.2) is 16.9 Å². The molecule has 0 spiro atoms. The fraction of sp³-hybridized carbons (Fsp3) is 0.407. The second-order valence-corrected chi connectivity index (χ2v) is 10.2. The average Bonchev–Trinajstić information content (AvgIpc) is 3.28. The van der Waals surface area contributed by atoms with Gasteiger partial charge in [-0.25, -0.2) is 14.2 Å². The maximum atomic E-state index is 14.9. The van der Waals surface area contributed by atoms with Gasteiger partial charge in [-0.1, -0.05) is 6.92 Å². The van der Waals surface area contributed by atoms with Crippen molar-refractivity contribution in [2.75, 3.05) is 6.54 Å². The van der Waals surface area contributed by atoms with Crippen LogP contribution in [0.25, 0.3) is 22.3 Å². The molecule has 2 aromatic heterocycles. The number of aryl methyl sites for hydroxylation is 1. The van der Waals surface area contributed by atoms with E-state index >= 15 is 0 Å². The Hall–Kier alpha value is -3.67. The molecule has 0 radical (unpaired) electrons. The van der Waals surface area contributed by atoms with Gasteiger partial charge in [-0.05, 0) is 48.9 Å². The van der Waals surface area contributed by atoms with Crippen LogP contribution in [0.4, 0.5) is 4.39 Å². The number of nitrogens with zero attached hydrogens (tertiary/aromatic N) is 2. The zero-order valence-corrected chi connectivity index (χ0v) is 20.9. The van der Waals surface area contributed by atoms with E-state index in [1.54, 1.807) is 19.9 Å². The van der Waals surface area contributed by atoms with E-state index in [2.05, 4.69) is 5.32 Å². The highest BCUT2D eigenvalue weighted by molar-refractivity contribution is 5.94. The number of rotatable bonds is 4. The van der Waals surface area contributed by atoms with E-state index in [1.165, 1.54) is 10.6 Å². The molecule has 3 atom stereocenters. The lowest BCUT2D eigenvalue weighted by Gasteiger charge is -2.31. The fourth-order valence-corrected chi connectivity index (χ4v) is 6.07. The molecule has 0 saturated heterocycles. The summed E-state index contributed by atoms with van der Waals surface area (Å²) in [7, 11) is 0. The molecule has 4 heterocycles. The monoisotopic (exact) mass is 522 g/mol. The highest BCUT2D eigenvalue weighted by Gasteiger charge is 2.46. The highest BCUT2D eigenvalue weighted by Crippen LogP contribution is 2.45. The SMILES string of the molecule is CC[C@@]1(O)C(=O)OCc2c1cc1n(c2=O)Cc2c-1nc1cc(F)c(C)c3c1c2[C@@H](NC(=O)[C@@H](O)CN)CC3. The smallest absolute Gasteiger partial charge is 0.343 e. The number of aromatic nitrogens is 2. The zero-order valence-electron chi connectivity index (χ0n) is 20.9. The number of nitrogens with two attached hydrogens (primary N) is 1. The van der Waals surface area contributed by atoms with Crippen LogP contribution in [-0.2, 0) is 39.5 Å². The number of ether oxygens (including phenoxy) is 1. The number of cyclic esters (lactones) is 1. The van der Waals surface area contributed by atoms with Crippen LogP contribution < -0.4 is 16.6 Å². The van der Waals surface area contributed by atoms with Crippen molar-refractivity contribution in [1.29, 1.82) is 0 Å².